The van der Waals surface area contributed by atoms with Crippen molar-refractivity contribution in [1.29, 1.82) is 0 Å². The Bertz CT molecular complexity index is 311. The van der Waals surface area contributed by atoms with Crippen molar-refractivity contribution in [1.82, 2.24) is 0 Å². The average molecular weight is 445 g/mol. The average Bonchev–Trinajstić information content (AvgIpc) is 2.61. The Labute approximate surface area is 156 Å². The van der Waals surface area contributed by atoms with Crippen LogP contribution in [0.3, 0.4) is 0 Å². The maximum atomic E-state index is 5.94. The standard InChI is InChI=1S/C9H15O2.3C4H9.Sn/c1-4-9(5-2)11-8-7-10-6-3;3*1-3-4-2;/h9H,4,6-8H2,1,3H3;3*1,3-4H2,2H3;. The first-order chi connectivity index (χ1) is 11.7. The molecule has 0 aliphatic rings. The van der Waals surface area contributed by atoms with E-state index in [4.69, 9.17) is 9.47 Å². The van der Waals surface area contributed by atoms with Gasteiger partial charge in [-0.25, -0.2) is 0 Å². The molecule has 0 aliphatic heterocycles. The molecular formula is C21H42O2Sn. The Kier molecular flexibility index (Phi) is 16.9. The second-order valence-electron chi connectivity index (χ2n) is 6.82. The molecule has 3 heteroatoms. The van der Waals surface area contributed by atoms with E-state index >= 15 is 0 Å². The first-order valence-corrected chi connectivity index (χ1v) is 17.9. The van der Waals surface area contributed by atoms with Crippen molar-refractivity contribution in [3.63, 3.8) is 0 Å². The molecule has 0 aromatic rings. The van der Waals surface area contributed by atoms with Crippen LogP contribution in [-0.2, 0) is 9.47 Å². The molecule has 1 atom stereocenters. The van der Waals surface area contributed by atoms with E-state index in [2.05, 4.69) is 37.6 Å². The van der Waals surface area contributed by atoms with E-state index in [-0.39, 0.29) is 6.10 Å². The zero-order chi connectivity index (χ0) is 18.1. The van der Waals surface area contributed by atoms with Gasteiger partial charge in [-0.05, 0) is 0 Å². The summed E-state index contributed by atoms with van der Waals surface area (Å²) in [5.74, 6) is 3.58. The van der Waals surface area contributed by atoms with Crippen LogP contribution in [0.15, 0.2) is 0 Å². The van der Waals surface area contributed by atoms with Gasteiger partial charge < -0.3 is 0 Å². The van der Waals surface area contributed by atoms with E-state index in [1.54, 1.807) is 0 Å². The quantitative estimate of drug-likeness (QED) is 0.170. The zero-order valence-corrected chi connectivity index (χ0v) is 19.9. The minimum atomic E-state index is -2.32. The fraction of sp³-hybridized carbons (Fsp3) is 0.905. The second-order valence-corrected chi connectivity index (χ2v) is 19.1. The van der Waals surface area contributed by atoms with Gasteiger partial charge in [0, 0.05) is 0 Å². The summed E-state index contributed by atoms with van der Waals surface area (Å²) in [7, 11) is 0. The molecule has 0 heterocycles. The first-order valence-electron chi connectivity index (χ1n) is 10.4. The van der Waals surface area contributed by atoms with Crippen LogP contribution in [0.5, 0.6) is 0 Å². The molecule has 1 unspecified atom stereocenters. The molecule has 2 nitrogen and oxygen atoms in total. The summed E-state index contributed by atoms with van der Waals surface area (Å²) >= 11 is -2.32. The van der Waals surface area contributed by atoms with Gasteiger partial charge in [-0.2, -0.15) is 0 Å². The maximum absolute atomic E-state index is 5.94. The van der Waals surface area contributed by atoms with Crippen molar-refractivity contribution in [2.24, 2.45) is 0 Å². The van der Waals surface area contributed by atoms with E-state index in [0.29, 0.717) is 13.2 Å². The Hall–Kier alpha value is 0.279. The van der Waals surface area contributed by atoms with Crippen molar-refractivity contribution in [2.45, 2.75) is 99.0 Å². The number of hydrogen-bond donors (Lipinski definition) is 0. The van der Waals surface area contributed by atoms with Crippen molar-refractivity contribution >= 4 is 18.4 Å². The second kappa shape index (κ2) is 16.7. The Morgan fingerprint density at radius 3 is 1.75 bits per heavy atom. The molecule has 0 radical (unpaired) electrons. The number of unbranched alkanes of at least 4 members (excludes halogenated alkanes) is 3. The van der Waals surface area contributed by atoms with Gasteiger partial charge in [-0.3, -0.25) is 0 Å². The summed E-state index contributed by atoms with van der Waals surface area (Å²) in [4.78, 5) is 0. The molecule has 0 saturated heterocycles. The summed E-state index contributed by atoms with van der Waals surface area (Å²) < 4.78 is 19.6. The van der Waals surface area contributed by atoms with Crippen molar-refractivity contribution in [3.8, 4) is 9.86 Å². The van der Waals surface area contributed by atoms with E-state index in [0.717, 1.165) is 13.0 Å². The molecule has 0 aliphatic carbocycles. The van der Waals surface area contributed by atoms with Gasteiger partial charge in [-0.15, -0.1) is 0 Å². The summed E-state index contributed by atoms with van der Waals surface area (Å²) in [6, 6.07) is 0. The van der Waals surface area contributed by atoms with E-state index in [1.807, 2.05) is 6.92 Å². The summed E-state index contributed by atoms with van der Waals surface area (Å²) in [5, 5.41) is 0. The number of ether oxygens (including phenoxy) is 2. The monoisotopic (exact) mass is 446 g/mol. The number of rotatable bonds is 15. The SMILES string of the molecule is CCC[CH2][Sn]([C]#CC(CC)OCCOCC)([CH2]CCC)[CH2]CCC. The third-order valence-corrected chi connectivity index (χ3v) is 17.8. The van der Waals surface area contributed by atoms with Crippen molar-refractivity contribution < 1.29 is 9.47 Å². The Morgan fingerprint density at radius 1 is 0.792 bits per heavy atom. The molecular weight excluding hydrogens is 403 g/mol. The molecule has 0 aromatic heterocycles. The molecule has 0 bridgehead atoms. The van der Waals surface area contributed by atoms with Crippen LogP contribution in [0.4, 0.5) is 0 Å². The fourth-order valence-electron chi connectivity index (χ4n) is 3.00. The van der Waals surface area contributed by atoms with Crippen LogP contribution in [0.25, 0.3) is 0 Å². The molecule has 0 saturated carbocycles. The Balaban J connectivity index is 4.94. The molecule has 0 N–H and O–H groups in total. The van der Waals surface area contributed by atoms with Gasteiger partial charge in [0.05, 0.1) is 0 Å². The van der Waals surface area contributed by atoms with Gasteiger partial charge >= 0.3 is 157 Å². The van der Waals surface area contributed by atoms with Gasteiger partial charge in [0.1, 0.15) is 0 Å². The first kappa shape index (κ1) is 24.3. The summed E-state index contributed by atoms with van der Waals surface area (Å²) in [5.41, 5.74) is 0. The van der Waals surface area contributed by atoms with E-state index < -0.39 is 18.4 Å². The molecule has 24 heavy (non-hydrogen) atoms. The molecule has 0 aromatic carbocycles. The number of hydrogen-bond acceptors (Lipinski definition) is 2. The van der Waals surface area contributed by atoms with Gasteiger partial charge in [0.25, 0.3) is 0 Å². The van der Waals surface area contributed by atoms with Crippen LogP contribution >= 0.6 is 0 Å². The molecule has 0 amide bonds. The molecule has 0 rings (SSSR count). The Morgan fingerprint density at radius 2 is 1.33 bits per heavy atom. The van der Waals surface area contributed by atoms with Gasteiger partial charge in [-0.1, -0.05) is 0 Å². The van der Waals surface area contributed by atoms with E-state index in [9.17, 15) is 0 Å². The van der Waals surface area contributed by atoms with Gasteiger partial charge in [0.2, 0.25) is 0 Å². The molecule has 142 valence electrons. The van der Waals surface area contributed by atoms with Crippen LogP contribution in [0.1, 0.15) is 79.6 Å². The van der Waals surface area contributed by atoms with Crippen LogP contribution < -0.4 is 0 Å². The third-order valence-electron chi connectivity index (χ3n) is 4.65. The van der Waals surface area contributed by atoms with Crippen molar-refractivity contribution in [3.05, 3.63) is 0 Å². The third kappa shape index (κ3) is 11.8. The molecule has 0 fully saturated rings. The fourth-order valence-corrected chi connectivity index (χ4v) is 16.4. The summed E-state index contributed by atoms with van der Waals surface area (Å²) in [6.07, 6.45) is 9.13. The van der Waals surface area contributed by atoms with Crippen LogP contribution in [0, 0.1) is 9.86 Å². The zero-order valence-electron chi connectivity index (χ0n) is 17.1. The van der Waals surface area contributed by atoms with Gasteiger partial charge in [0.15, 0.2) is 0 Å². The van der Waals surface area contributed by atoms with Crippen molar-refractivity contribution in [2.75, 3.05) is 19.8 Å². The minimum absolute atomic E-state index is 0.103. The summed E-state index contributed by atoms with van der Waals surface area (Å²) in [6.45, 7) is 13.3. The molecule has 0 spiro atoms. The topological polar surface area (TPSA) is 18.5 Å². The normalized spacial score (nSPS) is 12.7. The van der Waals surface area contributed by atoms with Crippen LogP contribution in [0.2, 0.25) is 13.3 Å². The van der Waals surface area contributed by atoms with E-state index in [1.165, 1.54) is 51.8 Å². The predicted molar refractivity (Wildman–Crippen MR) is 109 cm³/mol. The van der Waals surface area contributed by atoms with Crippen LogP contribution in [-0.4, -0.2) is 44.3 Å². The predicted octanol–water partition coefficient (Wildman–Crippen LogP) is 6.21.